The number of nitrogens with one attached hydrogen (secondary N) is 3. The van der Waals surface area contributed by atoms with Gasteiger partial charge in [0.05, 0.1) is 23.8 Å². The minimum absolute atomic E-state index is 0.0403. The Labute approximate surface area is 235 Å². The molecule has 2 saturated heterocycles. The second kappa shape index (κ2) is 12.8. The summed E-state index contributed by atoms with van der Waals surface area (Å²) in [5.41, 5.74) is 1.10. The summed E-state index contributed by atoms with van der Waals surface area (Å²) in [6.45, 7) is 2.76. The van der Waals surface area contributed by atoms with Crippen LogP contribution in [0.5, 0.6) is 0 Å². The minimum atomic E-state index is -0.665. The summed E-state index contributed by atoms with van der Waals surface area (Å²) in [5, 5.41) is 13.4. The molecule has 214 valence electrons. The topological polar surface area (TPSA) is 118 Å². The van der Waals surface area contributed by atoms with E-state index in [4.69, 9.17) is 4.74 Å². The SMILES string of the molecule is Cn1cc(NC(=O)CN2CC[C@@H]3NC(=O)[C@@H](Cc4ccccc4)NC(=O)C4(C/C=C/C[C@@H]3C2)CCOCC4)cn1. The van der Waals surface area contributed by atoms with Crippen molar-refractivity contribution in [3.63, 3.8) is 0 Å². The van der Waals surface area contributed by atoms with E-state index in [2.05, 4.69) is 38.1 Å². The van der Waals surface area contributed by atoms with E-state index in [0.29, 0.717) is 57.7 Å². The molecule has 5 rings (SSSR count). The first-order chi connectivity index (χ1) is 19.4. The number of ether oxygens (including phenoxy) is 1. The van der Waals surface area contributed by atoms with Gasteiger partial charge in [0.2, 0.25) is 17.7 Å². The van der Waals surface area contributed by atoms with Gasteiger partial charge >= 0.3 is 0 Å². The number of hydrogen-bond donors (Lipinski definition) is 3. The normalized spacial score (nSPS) is 26.5. The number of likely N-dealkylation sites (tertiary alicyclic amines) is 1. The minimum Gasteiger partial charge on any atom is -0.381 e. The largest absolute Gasteiger partial charge is 0.381 e. The van der Waals surface area contributed by atoms with Gasteiger partial charge < -0.3 is 20.7 Å². The maximum atomic E-state index is 13.7. The molecule has 3 aliphatic rings. The number of anilines is 1. The summed E-state index contributed by atoms with van der Waals surface area (Å²) in [7, 11) is 1.81. The molecule has 40 heavy (non-hydrogen) atoms. The van der Waals surface area contributed by atoms with E-state index in [0.717, 1.165) is 18.4 Å². The predicted molar refractivity (Wildman–Crippen MR) is 151 cm³/mol. The van der Waals surface area contributed by atoms with Crippen LogP contribution in [0, 0.1) is 11.3 Å². The molecule has 2 aromatic rings. The molecule has 4 heterocycles. The Balaban J connectivity index is 1.32. The molecule has 0 radical (unpaired) electrons. The van der Waals surface area contributed by atoms with Gasteiger partial charge in [-0.2, -0.15) is 5.10 Å². The van der Waals surface area contributed by atoms with Crippen molar-refractivity contribution in [2.75, 3.05) is 38.2 Å². The zero-order valence-electron chi connectivity index (χ0n) is 23.2. The van der Waals surface area contributed by atoms with Crippen LogP contribution >= 0.6 is 0 Å². The van der Waals surface area contributed by atoms with E-state index in [-0.39, 0.29) is 36.2 Å². The number of nitrogens with zero attached hydrogens (tertiary/aromatic N) is 3. The van der Waals surface area contributed by atoms with Crippen LogP contribution in [-0.2, 0) is 32.6 Å². The van der Waals surface area contributed by atoms with Crippen LogP contribution in [0.3, 0.4) is 0 Å². The van der Waals surface area contributed by atoms with E-state index in [9.17, 15) is 14.4 Å². The molecule has 10 heteroatoms. The first-order valence-electron chi connectivity index (χ1n) is 14.3. The standard InChI is InChI=1S/C30H40N6O4/c1-35-20-24(18-31-35)32-27(37)21-36-14-10-25-23(19-36)9-5-6-11-30(12-15-40-16-13-30)29(39)34-26(28(38)33-25)17-22-7-3-2-4-8-22/h2-8,18,20,23,25-26H,9-17,19,21H2,1H3,(H,32,37)(H,33,38)(H,34,39)/b6-5+/t23-,25+,26-/m1/s1. The maximum Gasteiger partial charge on any atom is 0.243 e. The summed E-state index contributed by atoms with van der Waals surface area (Å²) < 4.78 is 7.24. The number of hydrogen-bond acceptors (Lipinski definition) is 6. The van der Waals surface area contributed by atoms with E-state index >= 15 is 0 Å². The lowest BCUT2D eigenvalue weighted by atomic mass is 9.75. The van der Waals surface area contributed by atoms with Crippen molar-refractivity contribution in [2.45, 2.75) is 50.6 Å². The molecular weight excluding hydrogens is 508 g/mol. The smallest absolute Gasteiger partial charge is 0.243 e. The van der Waals surface area contributed by atoms with Crippen LogP contribution < -0.4 is 16.0 Å². The van der Waals surface area contributed by atoms with Crippen molar-refractivity contribution < 1.29 is 19.1 Å². The number of aryl methyl sites for hydroxylation is 1. The fourth-order valence-electron chi connectivity index (χ4n) is 6.09. The molecule has 3 atom stereocenters. The van der Waals surface area contributed by atoms with Gasteiger partial charge in [0.25, 0.3) is 0 Å². The third-order valence-electron chi connectivity index (χ3n) is 8.45. The Morgan fingerprint density at radius 1 is 1.15 bits per heavy atom. The molecule has 0 bridgehead atoms. The van der Waals surface area contributed by atoms with Gasteiger partial charge in [-0.15, -0.1) is 0 Å². The number of carbonyl (C=O) groups is 3. The van der Waals surface area contributed by atoms with Crippen LogP contribution in [0.25, 0.3) is 0 Å². The Bertz CT molecular complexity index is 1210. The first kappa shape index (κ1) is 28.0. The molecule has 1 spiro atoms. The molecule has 2 fully saturated rings. The van der Waals surface area contributed by atoms with Crippen molar-refractivity contribution in [3.8, 4) is 0 Å². The molecule has 3 aliphatic heterocycles. The highest BCUT2D eigenvalue weighted by Crippen LogP contribution is 2.36. The fraction of sp³-hybridized carbons (Fsp3) is 0.533. The van der Waals surface area contributed by atoms with Gasteiger partial charge in [-0.3, -0.25) is 24.0 Å². The molecule has 10 nitrogen and oxygen atoms in total. The summed E-state index contributed by atoms with van der Waals surface area (Å²) in [5.74, 6) is -0.144. The Morgan fingerprint density at radius 2 is 1.95 bits per heavy atom. The second-order valence-electron chi connectivity index (χ2n) is 11.4. The van der Waals surface area contributed by atoms with Crippen molar-refractivity contribution in [2.24, 2.45) is 18.4 Å². The summed E-state index contributed by atoms with van der Waals surface area (Å²) in [4.78, 5) is 42.3. The summed E-state index contributed by atoms with van der Waals surface area (Å²) >= 11 is 0. The van der Waals surface area contributed by atoms with E-state index < -0.39 is 11.5 Å². The summed E-state index contributed by atoms with van der Waals surface area (Å²) in [6, 6.07) is 9.11. The average molecular weight is 549 g/mol. The lowest BCUT2D eigenvalue weighted by molar-refractivity contribution is -0.140. The third kappa shape index (κ3) is 6.98. The average Bonchev–Trinajstić information content (AvgIpc) is 3.36. The van der Waals surface area contributed by atoms with Crippen molar-refractivity contribution in [1.82, 2.24) is 25.3 Å². The van der Waals surface area contributed by atoms with Gasteiger partial charge in [0.1, 0.15) is 6.04 Å². The first-order valence-corrected chi connectivity index (χ1v) is 14.3. The number of rotatable bonds is 5. The van der Waals surface area contributed by atoms with Crippen LogP contribution in [0.4, 0.5) is 5.69 Å². The van der Waals surface area contributed by atoms with Gasteiger partial charge in [-0.25, -0.2) is 0 Å². The lowest BCUT2D eigenvalue weighted by Gasteiger charge is -2.40. The molecule has 3 amide bonds. The van der Waals surface area contributed by atoms with E-state index in [1.54, 1.807) is 17.1 Å². The van der Waals surface area contributed by atoms with Crippen molar-refractivity contribution in [3.05, 3.63) is 60.4 Å². The number of allylic oxidation sites excluding steroid dienone is 2. The zero-order valence-corrected chi connectivity index (χ0v) is 23.2. The molecule has 0 saturated carbocycles. The number of amides is 3. The molecular formula is C30H40N6O4. The van der Waals surface area contributed by atoms with Crippen LogP contribution in [-0.4, -0.2) is 77.3 Å². The van der Waals surface area contributed by atoms with Crippen LogP contribution in [0.15, 0.2) is 54.9 Å². The predicted octanol–water partition coefficient (Wildman–Crippen LogP) is 2.04. The van der Waals surface area contributed by atoms with E-state index in [1.165, 1.54) is 0 Å². The Kier molecular flexibility index (Phi) is 8.96. The molecule has 0 unspecified atom stereocenters. The van der Waals surface area contributed by atoms with Crippen molar-refractivity contribution in [1.29, 1.82) is 0 Å². The Morgan fingerprint density at radius 3 is 2.70 bits per heavy atom. The van der Waals surface area contributed by atoms with Crippen molar-refractivity contribution >= 4 is 23.4 Å². The number of aromatic nitrogens is 2. The quantitative estimate of drug-likeness (QED) is 0.493. The van der Waals surface area contributed by atoms with Gasteiger partial charge in [0.15, 0.2) is 0 Å². The van der Waals surface area contributed by atoms with Crippen LogP contribution in [0.1, 0.15) is 37.7 Å². The number of fused-ring (bicyclic) bond motifs is 1. The van der Waals surface area contributed by atoms with Gasteiger partial charge in [-0.1, -0.05) is 42.5 Å². The van der Waals surface area contributed by atoms with Gasteiger partial charge in [0, 0.05) is 52.0 Å². The molecule has 1 aromatic heterocycles. The molecule has 0 aliphatic carbocycles. The van der Waals surface area contributed by atoms with Crippen LogP contribution in [0.2, 0.25) is 0 Å². The number of benzene rings is 1. The highest BCUT2D eigenvalue weighted by molar-refractivity contribution is 5.92. The Hall–Kier alpha value is -3.50. The second-order valence-corrected chi connectivity index (χ2v) is 11.4. The highest BCUT2D eigenvalue weighted by Gasteiger charge is 2.41. The third-order valence-corrected chi connectivity index (χ3v) is 8.45. The summed E-state index contributed by atoms with van der Waals surface area (Å²) in [6.07, 6.45) is 11.5. The van der Waals surface area contributed by atoms with E-state index in [1.807, 2.05) is 37.4 Å². The lowest BCUT2D eigenvalue weighted by Crippen LogP contribution is -2.58. The number of carbonyl (C=O) groups excluding carboxylic acids is 3. The maximum absolute atomic E-state index is 13.7. The molecule has 3 N–H and O–H groups in total. The van der Waals surface area contributed by atoms with Gasteiger partial charge in [-0.05, 0) is 43.6 Å². The number of piperidine rings is 1. The monoisotopic (exact) mass is 548 g/mol. The highest BCUT2D eigenvalue weighted by atomic mass is 16.5. The fourth-order valence-corrected chi connectivity index (χ4v) is 6.09. The zero-order chi connectivity index (χ0) is 28.0. The molecule has 1 aromatic carbocycles.